The molecule has 0 N–H and O–H groups in total. The number of para-hydroxylation sites is 2. The molecule has 7 aromatic carbocycles. The summed E-state index contributed by atoms with van der Waals surface area (Å²) in [6, 6.07) is 53.8. The van der Waals surface area contributed by atoms with E-state index in [1.54, 1.807) is 0 Å². The van der Waals surface area contributed by atoms with Crippen LogP contribution in [-0.4, -0.2) is 11.3 Å². The Hall–Kier alpha value is -5.45. The second kappa shape index (κ2) is 15.7. The van der Waals surface area contributed by atoms with Crippen molar-refractivity contribution in [3.05, 3.63) is 162 Å². The first-order chi connectivity index (χ1) is 29.9. The van der Waals surface area contributed by atoms with Crippen molar-refractivity contribution >= 4 is 73.7 Å². The Morgan fingerprint density at radius 1 is 0.516 bits per heavy atom. The summed E-state index contributed by atoms with van der Waals surface area (Å²) in [5, 5.41) is 2.58. The molecule has 62 heavy (non-hydrogen) atoms. The molecule has 0 saturated carbocycles. The molecule has 0 atom stereocenters. The third kappa shape index (κ3) is 6.90. The van der Waals surface area contributed by atoms with Gasteiger partial charge >= 0.3 is 0 Å². The van der Waals surface area contributed by atoms with Gasteiger partial charge in [-0.3, -0.25) is 0 Å². The van der Waals surface area contributed by atoms with Crippen LogP contribution >= 0.6 is 11.8 Å². The van der Waals surface area contributed by atoms with Crippen LogP contribution in [0.4, 0.5) is 17.1 Å². The van der Waals surface area contributed by atoms with Gasteiger partial charge in [0.05, 0.1) is 16.7 Å². The largest absolute Gasteiger partial charge is 0.311 e. The highest BCUT2D eigenvalue weighted by molar-refractivity contribution is 8.00. The molecule has 0 spiro atoms. The Morgan fingerprint density at radius 3 is 1.73 bits per heavy atom. The Kier molecular flexibility index (Phi) is 10.3. The molecule has 0 aliphatic carbocycles. The van der Waals surface area contributed by atoms with Crippen molar-refractivity contribution in [2.45, 2.75) is 115 Å². The number of nitrogens with zero attached hydrogens (tertiary/aromatic N) is 2. The summed E-state index contributed by atoms with van der Waals surface area (Å²) in [6.45, 7) is 19.1. The standard InChI is InChI=1S/C58H59BN2S/c1-9-11-20-40-32-42(57(3,4)5)33-41(21-12-10-2)56(40)61-51-37-44(60-49-26-18-16-24-45(49)46-25-17-19-27-50(46)60)29-30-47(51)59-48-34-39(38-22-14-13-15-23-38)28-31-53(48)62-54-36-43(58(6,7)8)35-52(61)55(54)59/h13-19,22-37H,9-12,20-21H2,1-8H3. The number of rotatable bonds is 9. The number of hydrogen-bond acceptors (Lipinski definition) is 2. The summed E-state index contributed by atoms with van der Waals surface area (Å²) in [5.74, 6) is 0. The van der Waals surface area contributed by atoms with Gasteiger partial charge in [0.2, 0.25) is 6.71 Å². The van der Waals surface area contributed by atoms with Crippen molar-refractivity contribution < 1.29 is 0 Å². The number of hydrogen-bond donors (Lipinski definition) is 0. The lowest BCUT2D eigenvalue weighted by molar-refractivity contribution is 0.587. The zero-order valence-corrected chi connectivity index (χ0v) is 38.7. The van der Waals surface area contributed by atoms with Gasteiger partial charge in [0.25, 0.3) is 0 Å². The highest BCUT2D eigenvalue weighted by atomic mass is 32.2. The summed E-state index contributed by atoms with van der Waals surface area (Å²) >= 11 is 1.97. The summed E-state index contributed by atoms with van der Waals surface area (Å²) < 4.78 is 2.51. The molecule has 2 nitrogen and oxygen atoms in total. The predicted molar refractivity (Wildman–Crippen MR) is 271 cm³/mol. The van der Waals surface area contributed by atoms with Gasteiger partial charge in [0.1, 0.15) is 0 Å². The maximum absolute atomic E-state index is 2.77. The molecule has 8 aromatic rings. The highest BCUT2D eigenvalue weighted by Crippen LogP contribution is 2.48. The first-order valence-corrected chi connectivity index (χ1v) is 23.9. The zero-order chi connectivity index (χ0) is 42.9. The summed E-state index contributed by atoms with van der Waals surface area (Å²) in [4.78, 5) is 5.51. The van der Waals surface area contributed by atoms with E-state index in [-0.39, 0.29) is 17.5 Å². The van der Waals surface area contributed by atoms with Crippen LogP contribution in [0, 0.1) is 0 Å². The van der Waals surface area contributed by atoms with Gasteiger partial charge in [-0.2, -0.15) is 0 Å². The third-order valence-corrected chi connectivity index (χ3v) is 14.7. The van der Waals surface area contributed by atoms with E-state index in [1.165, 1.54) is 104 Å². The SMILES string of the molecule is CCCCc1cc(C(C)(C)C)cc(CCCC)c1N1c2cc(-n3c4ccccc4c4ccccc43)ccc2B2c3cc(-c4ccccc4)ccc3Sc3cc(C(C)(C)C)cc1c32. The molecule has 4 heteroatoms. The smallest absolute Gasteiger partial charge is 0.249 e. The number of anilines is 3. The van der Waals surface area contributed by atoms with Crippen LogP contribution in [0.2, 0.25) is 0 Å². The number of benzene rings is 7. The minimum atomic E-state index is -0.0397. The third-order valence-electron chi connectivity index (χ3n) is 13.5. The van der Waals surface area contributed by atoms with E-state index in [2.05, 4.69) is 204 Å². The van der Waals surface area contributed by atoms with Crippen molar-refractivity contribution in [3.63, 3.8) is 0 Å². The van der Waals surface area contributed by atoms with Crippen LogP contribution in [0.5, 0.6) is 0 Å². The lowest BCUT2D eigenvalue weighted by Crippen LogP contribution is -2.60. The maximum atomic E-state index is 2.77. The minimum absolute atomic E-state index is 0.0389. The van der Waals surface area contributed by atoms with E-state index >= 15 is 0 Å². The van der Waals surface area contributed by atoms with Gasteiger partial charge in [-0.15, -0.1) is 0 Å². The molecule has 0 amide bonds. The molecule has 0 saturated heterocycles. The predicted octanol–water partition coefficient (Wildman–Crippen LogP) is 14.5. The first kappa shape index (κ1) is 40.6. The van der Waals surface area contributed by atoms with Gasteiger partial charge in [0.15, 0.2) is 0 Å². The number of aromatic nitrogens is 1. The Bertz CT molecular complexity index is 2910. The molecule has 2 aliphatic rings. The summed E-state index contributed by atoms with van der Waals surface area (Å²) in [6.07, 6.45) is 6.73. The monoisotopic (exact) mass is 826 g/mol. The molecule has 2 aliphatic heterocycles. The Labute approximate surface area is 374 Å². The molecule has 0 unspecified atom stereocenters. The van der Waals surface area contributed by atoms with Crippen LogP contribution in [0.25, 0.3) is 38.6 Å². The van der Waals surface area contributed by atoms with Crippen molar-refractivity contribution in [2.24, 2.45) is 0 Å². The second-order valence-corrected chi connectivity index (χ2v) is 20.9. The molecular weight excluding hydrogens is 768 g/mol. The molecule has 0 radical (unpaired) electrons. The van der Waals surface area contributed by atoms with Crippen LogP contribution in [-0.2, 0) is 23.7 Å². The average molecular weight is 827 g/mol. The molecule has 10 rings (SSSR count). The number of aryl methyl sites for hydroxylation is 2. The minimum Gasteiger partial charge on any atom is -0.311 e. The van der Waals surface area contributed by atoms with Crippen LogP contribution in [0.15, 0.2) is 149 Å². The van der Waals surface area contributed by atoms with E-state index in [4.69, 9.17) is 0 Å². The summed E-state index contributed by atoms with van der Waals surface area (Å²) in [5.41, 5.74) is 20.2. The fourth-order valence-electron chi connectivity index (χ4n) is 10.2. The fourth-order valence-corrected chi connectivity index (χ4v) is 11.3. The second-order valence-electron chi connectivity index (χ2n) is 19.9. The van der Waals surface area contributed by atoms with Gasteiger partial charge in [-0.1, -0.05) is 183 Å². The van der Waals surface area contributed by atoms with Gasteiger partial charge in [-0.25, -0.2) is 0 Å². The van der Waals surface area contributed by atoms with Gasteiger partial charge < -0.3 is 9.47 Å². The van der Waals surface area contributed by atoms with Crippen LogP contribution in [0.1, 0.15) is 103 Å². The maximum Gasteiger partial charge on any atom is 0.249 e. The summed E-state index contributed by atoms with van der Waals surface area (Å²) in [7, 11) is 0. The quantitative estimate of drug-likeness (QED) is 0.134. The zero-order valence-electron chi connectivity index (χ0n) is 37.9. The lowest BCUT2D eigenvalue weighted by atomic mass is 9.34. The van der Waals surface area contributed by atoms with Gasteiger partial charge in [-0.05, 0) is 123 Å². The van der Waals surface area contributed by atoms with E-state index in [9.17, 15) is 0 Å². The van der Waals surface area contributed by atoms with E-state index < -0.39 is 0 Å². The van der Waals surface area contributed by atoms with Crippen molar-refractivity contribution in [1.29, 1.82) is 0 Å². The Morgan fingerprint density at radius 2 is 1.11 bits per heavy atom. The first-order valence-electron chi connectivity index (χ1n) is 23.1. The van der Waals surface area contributed by atoms with E-state index in [1.807, 2.05) is 11.8 Å². The average Bonchev–Trinajstić information content (AvgIpc) is 3.61. The number of fused-ring (bicyclic) bond motifs is 7. The molecule has 1 aromatic heterocycles. The highest BCUT2D eigenvalue weighted by Gasteiger charge is 2.43. The van der Waals surface area contributed by atoms with Crippen LogP contribution in [0.3, 0.4) is 0 Å². The van der Waals surface area contributed by atoms with E-state index in [0.717, 1.165) is 38.5 Å². The van der Waals surface area contributed by atoms with Gasteiger partial charge in [0, 0.05) is 37.6 Å². The van der Waals surface area contributed by atoms with Crippen LogP contribution < -0.4 is 21.3 Å². The Balaban J connectivity index is 1.33. The molecular formula is C58H59BN2S. The van der Waals surface area contributed by atoms with Crippen molar-refractivity contribution in [3.8, 4) is 16.8 Å². The molecule has 0 fully saturated rings. The molecule has 3 heterocycles. The van der Waals surface area contributed by atoms with E-state index in [0.29, 0.717) is 0 Å². The molecule has 310 valence electrons. The lowest BCUT2D eigenvalue weighted by Gasteiger charge is -2.43. The fraction of sp³-hybridized carbons (Fsp3) is 0.276. The van der Waals surface area contributed by atoms with Crippen molar-refractivity contribution in [2.75, 3.05) is 4.90 Å². The normalized spacial score (nSPS) is 13.4. The van der Waals surface area contributed by atoms with Crippen molar-refractivity contribution in [1.82, 2.24) is 4.57 Å². The topological polar surface area (TPSA) is 8.17 Å². The molecule has 0 bridgehead atoms. The number of unbranched alkanes of at least 4 members (excludes halogenated alkanes) is 2.